The van der Waals surface area contributed by atoms with Gasteiger partial charge >= 0.3 is 5.97 Å². The number of methoxy groups -OCH3 is 1. The molecule has 0 radical (unpaired) electrons. The standard InChI is InChI=1S/C26H29FN4O3/c1-34-23-7-4-18(27)13-20(23)25-21-14-22(30-26(21)29-15-28-25)17-8-10-31(11-9-17)19-5-2-16(3-6-19)12-24(32)33/h4,7-8,13-16,19H,2-3,5-6,9-12H2,1H3,(H,32,33)(H,28,29,30). The van der Waals surface area contributed by atoms with E-state index in [-0.39, 0.29) is 5.82 Å². The molecule has 7 nitrogen and oxygen atoms in total. The summed E-state index contributed by atoms with van der Waals surface area (Å²) >= 11 is 0. The van der Waals surface area contributed by atoms with E-state index < -0.39 is 5.97 Å². The summed E-state index contributed by atoms with van der Waals surface area (Å²) in [6.45, 7) is 1.86. The van der Waals surface area contributed by atoms with E-state index in [1.165, 1.54) is 24.0 Å². The van der Waals surface area contributed by atoms with Gasteiger partial charge in [-0.25, -0.2) is 14.4 Å². The first-order valence-electron chi connectivity index (χ1n) is 11.8. The maximum absolute atomic E-state index is 14.0. The van der Waals surface area contributed by atoms with Crippen LogP contribution in [0.2, 0.25) is 0 Å². The highest BCUT2D eigenvalue weighted by Gasteiger charge is 2.28. The number of carboxylic acid groups (broad SMARTS) is 1. The van der Waals surface area contributed by atoms with Gasteiger partial charge in [0, 0.05) is 42.2 Å². The van der Waals surface area contributed by atoms with Crippen molar-refractivity contribution in [2.45, 2.75) is 44.6 Å². The van der Waals surface area contributed by atoms with Crippen LogP contribution in [0.1, 0.15) is 44.2 Å². The molecule has 0 unspecified atom stereocenters. The number of carboxylic acids is 1. The summed E-state index contributed by atoms with van der Waals surface area (Å²) in [6.07, 6.45) is 9.11. The highest BCUT2D eigenvalue weighted by Crippen LogP contribution is 2.36. The lowest BCUT2D eigenvalue weighted by atomic mass is 9.83. The molecule has 178 valence electrons. The van der Waals surface area contributed by atoms with E-state index in [1.54, 1.807) is 13.2 Å². The molecule has 3 aromatic rings. The minimum atomic E-state index is -0.684. The van der Waals surface area contributed by atoms with Gasteiger partial charge in [-0.1, -0.05) is 6.08 Å². The Morgan fingerprint density at radius 2 is 2.06 bits per heavy atom. The van der Waals surface area contributed by atoms with Gasteiger partial charge in [-0.05, 0) is 67.9 Å². The zero-order valence-corrected chi connectivity index (χ0v) is 19.3. The van der Waals surface area contributed by atoms with Gasteiger partial charge in [-0.15, -0.1) is 0 Å². The van der Waals surface area contributed by atoms with Gasteiger partial charge in [-0.3, -0.25) is 9.69 Å². The van der Waals surface area contributed by atoms with E-state index in [2.05, 4.69) is 25.9 Å². The lowest BCUT2D eigenvalue weighted by Crippen LogP contribution is -2.40. The second kappa shape index (κ2) is 9.54. The molecule has 1 saturated carbocycles. The van der Waals surface area contributed by atoms with Crippen LogP contribution in [0.15, 0.2) is 36.7 Å². The molecule has 5 rings (SSSR count). The first-order valence-corrected chi connectivity index (χ1v) is 11.8. The summed E-state index contributed by atoms with van der Waals surface area (Å²) in [6, 6.07) is 7.01. The second-order valence-electron chi connectivity index (χ2n) is 9.26. The minimum absolute atomic E-state index is 0.295. The first-order chi connectivity index (χ1) is 16.5. The molecule has 34 heavy (non-hydrogen) atoms. The number of aromatic nitrogens is 3. The number of aromatic amines is 1. The van der Waals surface area contributed by atoms with Crippen LogP contribution in [0, 0.1) is 11.7 Å². The molecule has 3 heterocycles. The Kier molecular flexibility index (Phi) is 6.32. The van der Waals surface area contributed by atoms with Crippen LogP contribution >= 0.6 is 0 Å². The topological polar surface area (TPSA) is 91.3 Å². The van der Waals surface area contributed by atoms with Gasteiger partial charge in [-0.2, -0.15) is 0 Å². The summed E-state index contributed by atoms with van der Waals surface area (Å²) < 4.78 is 19.4. The Hall–Kier alpha value is -3.26. The molecule has 0 spiro atoms. The zero-order valence-electron chi connectivity index (χ0n) is 19.3. The van der Waals surface area contributed by atoms with Gasteiger partial charge in [0.25, 0.3) is 0 Å². The number of fused-ring (bicyclic) bond motifs is 1. The predicted molar refractivity (Wildman–Crippen MR) is 128 cm³/mol. The fourth-order valence-corrected chi connectivity index (χ4v) is 5.41. The molecule has 2 aliphatic rings. The highest BCUT2D eigenvalue weighted by molar-refractivity contribution is 5.94. The minimum Gasteiger partial charge on any atom is -0.496 e. The third kappa shape index (κ3) is 4.55. The number of H-pyrrole nitrogens is 1. The van der Waals surface area contributed by atoms with E-state index in [9.17, 15) is 9.18 Å². The Balaban J connectivity index is 1.33. The highest BCUT2D eigenvalue weighted by atomic mass is 19.1. The average molecular weight is 465 g/mol. The van der Waals surface area contributed by atoms with Crippen molar-refractivity contribution in [2.75, 3.05) is 20.2 Å². The number of hydrogen-bond acceptors (Lipinski definition) is 5. The van der Waals surface area contributed by atoms with E-state index in [0.29, 0.717) is 41.0 Å². The van der Waals surface area contributed by atoms with Crippen molar-refractivity contribution in [3.63, 3.8) is 0 Å². The number of hydrogen-bond donors (Lipinski definition) is 2. The number of nitrogens with zero attached hydrogens (tertiary/aromatic N) is 3. The fraction of sp³-hybridized carbons (Fsp3) is 0.423. The first kappa shape index (κ1) is 22.5. The van der Waals surface area contributed by atoms with Crippen molar-refractivity contribution in [3.05, 3.63) is 48.2 Å². The smallest absolute Gasteiger partial charge is 0.303 e. The molecular weight excluding hydrogens is 435 g/mol. The predicted octanol–water partition coefficient (Wildman–Crippen LogP) is 4.90. The third-order valence-corrected chi connectivity index (χ3v) is 7.22. The second-order valence-corrected chi connectivity index (χ2v) is 9.26. The van der Waals surface area contributed by atoms with Gasteiger partial charge < -0.3 is 14.8 Å². The van der Waals surface area contributed by atoms with Crippen LogP contribution in [0.5, 0.6) is 5.75 Å². The van der Waals surface area contributed by atoms with E-state index in [0.717, 1.165) is 56.3 Å². The van der Waals surface area contributed by atoms with E-state index in [1.807, 2.05) is 6.07 Å². The van der Waals surface area contributed by atoms with Crippen molar-refractivity contribution >= 4 is 22.6 Å². The van der Waals surface area contributed by atoms with Gasteiger partial charge in [0.1, 0.15) is 23.5 Å². The summed E-state index contributed by atoms with van der Waals surface area (Å²) in [7, 11) is 1.56. The largest absolute Gasteiger partial charge is 0.496 e. The Morgan fingerprint density at radius 1 is 1.24 bits per heavy atom. The molecular formula is C26H29FN4O3. The normalized spacial score (nSPS) is 21.4. The number of aliphatic carboxylic acids is 1. The maximum atomic E-state index is 14.0. The van der Waals surface area contributed by atoms with Gasteiger partial charge in [0.2, 0.25) is 0 Å². The number of rotatable bonds is 6. The Morgan fingerprint density at radius 3 is 2.76 bits per heavy atom. The van der Waals surface area contributed by atoms with Gasteiger partial charge in [0.05, 0.1) is 12.8 Å². The molecule has 0 atom stereocenters. The van der Waals surface area contributed by atoms with Crippen molar-refractivity contribution in [1.29, 1.82) is 0 Å². The van der Waals surface area contributed by atoms with Crippen LogP contribution in [0.3, 0.4) is 0 Å². The van der Waals surface area contributed by atoms with Crippen LogP contribution in [-0.4, -0.2) is 57.2 Å². The molecule has 1 aromatic carbocycles. The molecule has 2 aromatic heterocycles. The lowest BCUT2D eigenvalue weighted by Gasteiger charge is -2.38. The van der Waals surface area contributed by atoms with Crippen LogP contribution in [-0.2, 0) is 4.79 Å². The number of halogens is 1. The maximum Gasteiger partial charge on any atom is 0.303 e. The number of carbonyl (C=O) groups is 1. The molecule has 1 aliphatic heterocycles. The summed E-state index contributed by atoms with van der Waals surface area (Å²) in [5, 5.41) is 9.87. The number of ether oxygens (including phenoxy) is 1. The van der Waals surface area contributed by atoms with E-state index in [4.69, 9.17) is 9.84 Å². The monoisotopic (exact) mass is 464 g/mol. The number of benzene rings is 1. The summed E-state index contributed by atoms with van der Waals surface area (Å²) in [4.78, 5) is 25.8. The van der Waals surface area contributed by atoms with Crippen molar-refractivity contribution in [1.82, 2.24) is 19.9 Å². The lowest BCUT2D eigenvalue weighted by molar-refractivity contribution is -0.138. The fourth-order valence-electron chi connectivity index (χ4n) is 5.41. The van der Waals surface area contributed by atoms with Crippen LogP contribution in [0.25, 0.3) is 27.9 Å². The average Bonchev–Trinajstić information content (AvgIpc) is 3.29. The van der Waals surface area contributed by atoms with Crippen LogP contribution < -0.4 is 4.74 Å². The summed E-state index contributed by atoms with van der Waals surface area (Å²) in [5.74, 6) is -0.140. The Bertz CT molecular complexity index is 1230. The van der Waals surface area contributed by atoms with Crippen molar-refractivity contribution in [2.24, 2.45) is 5.92 Å². The molecule has 0 saturated heterocycles. The molecule has 2 N–H and O–H groups in total. The SMILES string of the molecule is COc1ccc(F)cc1-c1ncnc2[nH]c(C3=CCN(C4CCC(CC(=O)O)CC4)CC3)cc12. The molecule has 1 aliphatic carbocycles. The molecule has 0 amide bonds. The third-order valence-electron chi connectivity index (χ3n) is 7.22. The van der Waals surface area contributed by atoms with Crippen molar-refractivity contribution < 1.29 is 19.0 Å². The molecule has 0 bridgehead atoms. The number of nitrogens with one attached hydrogen (secondary N) is 1. The molecule has 8 heteroatoms. The van der Waals surface area contributed by atoms with Gasteiger partial charge in [0.15, 0.2) is 0 Å². The Labute approximate surface area is 197 Å². The molecule has 1 fully saturated rings. The summed E-state index contributed by atoms with van der Waals surface area (Å²) in [5.41, 5.74) is 4.21. The van der Waals surface area contributed by atoms with E-state index >= 15 is 0 Å². The quantitative estimate of drug-likeness (QED) is 0.539. The zero-order chi connectivity index (χ0) is 23.7. The van der Waals surface area contributed by atoms with Crippen LogP contribution in [0.4, 0.5) is 4.39 Å². The van der Waals surface area contributed by atoms with Crippen molar-refractivity contribution in [3.8, 4) is 17.0 Å².